The van der Waals surface area contributed by atoms with E-state index in [1.54, 1.807) is 14.2 Å². The quantitative estimate of drug-likeness (QED) is 0.549. The molecule has 1 aliphatic heterocycles. The number of hydrogen-bond acceptors (Lipinski definition) is 4. The molecule has 0 aliphatic carbocycles. The van der Waals surface area contributed by atoms with Crippen molar-refractivity contribution in [3.63, 3.8) is 0 Å². The third kappa shape index (κ3) is 4.89. The number of nitrogens with zero attached hydrogens (tertiary/aromatic N) is 1. The summed E-state index contributed by atoms with van der Waals surface area (Å²) in [5.41, 5.74) is 2.22. The highest BCUT2D eigenvalue weighted by atomic mass is 16.5. The number of hydrogen-bond donors (Lipinski definition) is 1. The first kappa shape index (κ1) is 22.2. The molecule has 1 fully saturated rings. The molecule has 1 unspecified atom stereocenters. The lowest BCUT2D eigenvalue weighted by atomic mass is 9.96. The Morgan fingerprint density at radius 3 is 2.16 bits per heavy atom. The predicted octanol–water partition coefficient (Wildman–Crippen LogP) is 4.91. The van der Waals surface area contributed by atoms with Crippen molar-refractivity contribution in [3.8, 4) is 11.5 Å². The highest BCUT2D eigenvalue weighted by Gasteiger charge is 2.25. The molecule has 4 rings (SSSR count). The van der Waals surface area contributed by atoms with Crippen molar-refractivity contribution >= 4 is 16.7 Å². The Morgan fingerprint density at radius 1 is 0.875 bits per heavy atom. The second kappa shape index (κ2) is 10.0. The van der Waals surface area contributed by atoms with Crippen LogP contribution < -0.4 is 14.8 Å². The Kier molecular flexibility index (Phi) is 6.96. The van der Waals surface area contributed by atoms with Crippen molar-refractivity contribution in [2.45, 2.75) is 31.7 Å². The smallest absolute Gasteiger partial charge is 0.227 e. The van der Waals surface area contributed by atoms with Crippen LogP contribution in [0.5, 0.6) is 11.5 Å². The van der Waals surface area contributed by atoms with Crippen LogP contribution in [0.3, 0.4) is 0 Å². The van der Waals surface area contributed by atoms with E-state index in [4.69, 9.17) is 9.47 Å². The predicted molar refractivity (Wildman–Crippen MR) is 128 cm³/mol. The summed E-state index contributed by atoms with van der Waals surface area (Å²) >= 11 is 0. The summed E-state index contributed by atoms with van der Waals surface area (Å²) in [5.74, 6) is 1.51. The summed E-state index contributed by atoms with van der Waals surface area (Å²) in [5, 5.41) is 5.43. The summed E-state index contributed by atoms with van der Waals surface area (Å²) < 4.78 is 10.6. The van der Waals surface area contributed by atoms with Gasteiger partial charge in [-0.05, 0) is 79.0 Å². The number of likely N-dealkylation sites (tertiary alicyclic amines) is 1. The fourth-order valence-electron chi connectivity index (χ4n) is 4.48. The molecule has 0 radical (unpaired) electrons. The number of carbonyl (C=O) groups is 1. The van der Waals surface area contributed by atoms with E-state index in [1.165, 1.54) is 18.4 Å². The molecule has 0 aromatic heterocycles. The van der Waals surface area contributed by atoms with E-state index in [2.05, 4.69) is 34.5 Å². The lowest BCUT2D eigenvalue weighted by molar-refractivity contribution is -0.122. The summed E-state index contributed by atoms with van der Waals surface area (Å²) in [4.78, 5) is 15.5. The number of methoxy groups -OCH3 is 2. The van der Waals surface area contributed by atoms with Crippen molar-refractivity contribution < 1.29 is 14.3 Å². The van der Waals surface area contributed by atoms with E-state index >= 15 is 0 Å². The number of nitrogens with one attached hydrogen (secondary N) is 1. The molecule has 0 spiro atoms. The molecule has 2 atom stereocenters. The lowest BCUT2D eigenvalue weighted by Crippen LogP contribution is -2.38. The molecular formula is C27H32N2O3. The van der Waals surface area contributed by atoms with Crippen molar-refractivity contribution in [1.82, 2.24) is 10.2 Å². The maximum absolute atomic E-state index is 13.1. The van der Waals surface area contributed by atoms with Gasteiger partial charge in [0.2, 0.25) is 5.91 Å². The van der Waals surface area contributed by atoms with Crippen LogP contribution in [0.25, 0.3) is 10.8 Å². The highest BCUT2D eigenvalue weighted by Crippen LogP contribution is 2.28. The van der Waals surface area contributed by atoms with Gasteiger partial charge in [0.25, 0.3) is 0 Å². The van der Waals surface area contributed by atoms with Gasteiger partial charge >= 0.3 is 0 Å². The third-order valence-corrected chi connectivity index (χ3v) is 6.52. The molecule has 0 bridgehead atoms. The molecule has 1 aliphatic rings. The number of carbonyl (C=O) groups excluding carboxylic acids is 1. The van der Waals surface area contributed by atoms with Gasteiger partial charge in [-0.15, -0.1) is 0 Å². The van der Waals surface area contributed by atoms with Crippen molar-refractivity contribution in [2.24, 2.45) is 0 Å². The van der Waals surface area contributed by atoms with Gasteiger partial charge in [0.1, 0.15) is 11.5 Å². The van der Waals surface area contributed by atoms with Crippen molar-refractivity contribution in [3.05, 3.63) is 71.8 Å². The summed E-state index contributed by atoms with van der Waals surface area (Å²) in [6.07, 6.45) is 2.41. The van der Waals surface area contributed by atoms with E-state index in [-0.39, 0.29) is 17.9 Å². The zero-order valence-corrected chi connectivity index (χ0v) is 19.1. The normalized spacial score (nSPS) is 16.0. The Hall–Kier alpha value is -3.05. The van der Waals surface area contributed by atoms with Crippen LogP contribution in [-0.4, -0.2) is 44.7 Å². The summed E-state index contributed by atoms with van der Waals surface area (Å²) in [6.45, 7) is 4.70. The Labute approximate surface area is 190 Å². The summed E-state index contributed by atoms with van der Waals surface area (Å²) in [7, 11) is 3.35. The molecule has 168 valence electrons. The number of benzene rings is 3. The van der Waals surface area contributed by atoms with Crippen LogP contribution in [0.4, 0.5) is 0 Å². The average Bonchev–Trinajstić information content (AvgIpc) is 3.38. The largest absolute Gasteiger partial charge is 0.497 e. The van der Waals surface area contributed by atoms with Crippen LogP contribution in [0.15, 0.2) is 60.7 Å². The molecule has 1 heterocycles. The topological polar surface area (TPSA) is 50.8 Å². The monoisotopic (exact) mass is 432 g/mol. The van der Waals surface area contributed by atoms with E-state index in [0.717, 1.165) is 40.9 Å². The fraction of sp³-hybridized carbons (Fsp3) is 0.370. The van der Waals surface area contributed by atoms with E-state index in [1.807, 2.05) is 43.3 Å². The Balaban J connectivity index is 1.46. The first-order valence-corrected chi connectivity index (χ1v) is 11.3. The van der Waals surface area contributed by atoms with E-state index < -0.39 is 0 Å². The van der Waals surface area contributed by atoms with Crippen LogP contribution in [0.2, 0.25) is 0 Å². The lowest BCUT2D eigenvalue weighted by Gasteiger charge is -2.29. The third-order valence-electron chi connectivity index (χ3n) is 6.52. The first-order chi connectivity index (χ1) is 15.6. The number of rotatable bonds is 8. The number of fused-ring (bicyclic) bond motifs is 1. The van der Waals surface area contributed by atoms with Gasteiger partial charge in [0.05, 0.1) is 26.2 Å². The Bertz CT molecular complexity index is 1060. The van der Waals surface area contributed by atoms with Crippen LogP contribution >= 0.6 is 0 Å². The molecule has 0 saturated carbocycles. The minimum absolute atomic E-state index is 0.0515. The van der Waals surface area contributed by atoms with Crippen molar-refractivity contribution in [2.75, 3.05) is 33.9 Å². The van der Waals surface area contributed by atoms with Gasteiger partial charge in [-0.3, -0.25) is 9.69 Å². The maximum atomic E-state index is 13.1. The molecule has 1 N–H and O–H groups in total. The maximum Gasteiger partial charge on any atom is 0.227 e. The fourth-order valence-corrected chi connectivity index (χ4v) is 4.48. The number of amides is 1. The molecule has 32 heavy (non-hydrogen) atoms. The average molecular weight is 433 g/mol. The minimum atomic E-state index is -0.225. The highest BCUT2D eigenvalue weighted by molar-refractivity contribution is 5.88. The molecule has 1 saturated heterocycles. The zero-order chi connectivity index (χ0) is 22.5. The van der Waals surface area contributed by atoms with Crippen molar-refractivity contribution in [1.29, 1.82) is 0 Å². The van der Waals surface area contributed by atoms with Gasteiger partial charge in [0.15, 0.2) is 0 Å². The van der Waals surface area contributed by atoms with Crippen LogP contribution in [-0.2, 0) is 4.79 Å². The second-order valence-electron chi connectivity index (χ2n) is 8.47. The SMILES string of the molecule is COc1ccc(C(CNC(=O)[C@@H](C)c2ccc3cc(OC)ccc3c2)N2CCCC2)cc1. The molecule has 1 amide bonds. The number of ether oxygens (including phenoxy) is 2. The molecule has 3 aromatic rings. The van der Waals surface area contributed by atoms with Gasteiger partial charge in [0, 0.05) is 6.54 Å². The molecule has 3 aromatic carbocycles. The van der Waals surface area contributed by atoms with E-state index in [9.17, 15) is 4.79 Å². The van der Waals surface area contributed by atoms with Gasteiger partial charge in [-0.1, -0.05) is 36.4 Å². The zero-order valence-electron chi connectivity index (χ0n) is 19.1. The summed E-state index contributed by atoms with van der Waals surface area (Å²) in [6, 6.07) is 20.6. The van der Waals surface area contributed by atoms with Gasteiger partial charge in [-0.25, -0.2) is 0 Å². The standard InChI is InChI=1S/C27H32N2O3/c1-19(21-6-7-23-17-25(32-3)13-10-22(23)16-21)27(30)28-18-26(29-14-4-5-15-29)20-8-11-24(31-2)12-9-20/h6-13,16-17,19,26H,4-5,14-15,18H2,1-3H3,(H,28,30)/t19-,26?/m0/s1. The molecular weight excluding hydrogens is 400 g/mol. The van der Waals surface area contributed by atoms with Gasteiger partial charge in [-0.2, -0.15) is 0 Å². The van der Waals surface area contributed by atoms with Crippen LogP contribution in [0.1, 0.15) is 42.9 Å². The van der Waals surface area contributed by atoms with Gasteiger partial charge < -0.3 is 14.8 Å². The molecule has 5 heteroatoms. The van der Waals surface area contributed by atoms with Crippen LogP contribution in [0, 0.1) is 0 Å². The second-order valence-corrected chi connectivity index (χ2v) is 8.47. The molecule has 5 nitrogen and oxygen atoms in total. The van der Waals surface area contributed by atoms with E-state index in [0.29, 0.717) is 6.54 Å². The first-order valence-electron chi connectivity index (χ1n) is 11.3. The Morgan fingerprint density at radius 2 is 1.47 bits per heavy atom. The minimum Gasteiger partial charge on any atom is -0.497 e.